The second-order valence-corrected chi connectivity index (χ2v) is 5.39. The van der Waals surface area contributed by atoms with Gasteiger partial charge < -0.3 is 14.8 Å². The Kier molecular flexibility index (Phi) is 6.75. The van der Waals surface area contributed by atoms with Crippen molar-refractivity contribution in [2.45, 2.75) is 13.3 Å². The Morgan fingerprint density at radius 1 is 1.23 bits per heavy atom. The molecule has 0 atom stereocenters. The van der Waals surface area contributed by atoms with Gasteiger partial charge in [-0.1, -0.05) is 13.0 Å². The van der Waals surface area contributed by atoms with Crippen molar-refractivity contribution < 1.29 is 18.7 Å². The van der Waals surface area contributed by atoms with Crippen LogP contribution in [-0.4, -0.2) is 19.6 Å². The maximum Gasteiger partial charge on any atom is 0.266 e. The van der Waals surface area contributed by atoms with Crippen LogP contribution < -0.4 is 14.8 Å². The summed E-state index contributed by atoms with van der Waals surface area (Å²) in [5.74, 6) is 0.130. The van der Waals surface area contributed by atoms with Crippen molar-refractivity contribution in [2.75, 3.05) is 19.0 Å². The van der Waals surface area contributed by atoms with Gasteiger partial charge in [-0.05, 0) is 54.5 Å². The minimum atomic E-state index is -0.579. The molecule has 0 spiro atoms. The van der Waals surface area contributed by atoms with Gasteiger partial charge in [-0.15, -0.1) is 0 Å². The highest BCUT2D eigenvalue weighted by Crippen LogP contribution is 2.29. The van der Waals surface area contributed by atoms with Crippen molar-refractivity contribution in [1.29, 1.82) is 5.26 Å². The smallest absolute Gasteiger partial charge is 0.266 e. The fraction of sp³-hybridized carbons (Fsp3) is 0.200. The molecule has 0 fully saturated rings. The number of amides is 1. The third-order valence-electron chi connectivity index (χ3n) is 3.43. The molecule has 26 heavy (non-hydrogen) atoms. The Balaban J connectivity index is 2.20. The lowest BCUT2D eigenvalue weighted by Gasteiger charge is -2.10. The Bertz CT molecular complexity index is 839. The molecule has 0 aliphatic rings. The normalized spacial score (nSPS) is 10.8. The zero-order valence-electron chi connectivity index (χ0n) is 14.6. The molecule has 0 heterocycles. The number of carbonyl (C=O) groups excluding carboxylic acids is 1. The standard InChI is InChI=1S/C20H19FN2O3/c1-3-10-26-18-9-4-14(12-19(18)25-2)11-15(13-22)20(24)23-17-7-5-16(21)6-8-17/h4-9,11-12H,3,10H2,1-2H3,(H,23,24)/b15-11-. The van der Waals surface area contributed by atoms with Gasteiger partial charge in [0.05, 0.1) is 13.7 Å². The van der Waals surface area contributed by atoms with Gasteiger partial charge in [0.25, 0.3) is 5.91 Å². The van der Waals surface area contributed by atoms with Crippen molar-refractivity contribution in [2.24, 2.45) is 0 Å². The summed E-state index contributed by atoms with van der Waals surface area (Å²) in [6, 6.07) is 12.3. The third-order valence-corrected chi connectivity index (χ3v) is 3.43. The number of nitriles is 1. The number of ether oxygens (including phenoxy) is 2. The van der Waals surface area contributed by atoms with Crippen LogP contribution >= 0.6 is 0 Å². The number of nitrogens with zero attached hydrogens (tertiary/aromatic N) is 1. The van der Waals surface area contributed by atoms with E-state index in [1.165, 1.54) is 37.5 Å². The van der Waals surface area contributed by atoms with Crippen LogP contribution in [-0.2, 0) is 4.79 Å². The second-order valence-electron chi connectivity index (χ2n) is 5.39. The fourth-order valence-corrected chi connectivity index (χ4v) is 2.15. The number of halogens is 1. The van der Waals surface area contributed by atoms with Crippen LogP contribution in [0.2, 0.25) is 0 Å². The number of hydrogen-bond acceptors (Lipinski definition) is 4. The third kappa shape index (κ3) is 5.08. The molecule has 0 saturated carbocycles. The number of methoxy groups -OCH3 is 1. The van der Waals surface area contributed by atoms with Crippen LogP contribution in [0.1, 0.15) is 18.9 Å². The minimum Gasteiger partial charge on any atom is -0.493 e. The summed E-state index contributed by atoms with van der Waals surface area (Å²) >= 11 is 0. The van der Waals surface area contributed by atoms with E-state index in [0.29, 0.717) is 29.4 Å². The predicted molar refractivity (Wildman–Crippen MR) is 97.4 cm³/mol. The molecule has 134 valence electrons. The van der Waals surface area contributed by atoms with Gasteiger partial charge in [-0.2, -0.15) is 5.26 Å². The first-order valence-electron chi connectivity index (χ1n) is 8.07. The van der Waals surface area contributed by atoms with E-state index < -0.39 is 11.7 Å². The van der Waals surface area contributed by atoms with Crippen LogP contribution in [0.5, 0.6) is 11.5 Å². The van der Waals surface area contributed by atoms with Crippen molar-refractivity contribution in [3.63, 3.8) is 0 Å². The molecule has 0 saturated heterocycles. The largest absolute Gasteiger partial charge is 0.493 e. The Morgan fingerprint density at radius 3 is 2.58 bits per heavy atom. The SMILES string of the molecule is CCCOc1ccc(/C=C(/C#N)C(=O)Nc2ccc(F)cc2)cc1OC. The van der Waals surface area contributed by atoms with E-state index in [4.69, 9.17) is 9.47 Å². The highest BCUT2D eigenvalue weighted by atomic mass is 19.1. The lowest BCUT2D eigenvalue weighted by atomic mass is 10.1. The highest BCUT2D eigenvalue weighted by Gasteiger charge is 2.11. The first kappa shape index (κ1) is 19.0. The quantitative estimate of drug-likeness (QED) is 0.598. The average molecular weight is 354 g/mol. The van der Waals surface area contributed by atoms with E-state index in [0.717, 1.165) is 6.42 Å². The number of benzene rings is 2. The Morgan fingerprint density at radius 2 is 1.96 bits per heavy atom. The first-order chi connectivity index (χ1) is 12.6. The van der Waals surface area contributed by atoms with Gasteiger partial charge >= 0.3 is 0 Å². The zero-order valence-corrected chi connectivity index (χ0v) is 14.6. The summed E-state index contributed by atoms with van der Waals surface area (Å²) in [4.78, 5) is 12.2. The first-order valence-corrected chi connectivity index (χ1v) is 8.07. The molecule has 1 amide bonds. The van der Waals surface area contributed by atoms with E-state index in [-0.39, 0.29) is 5.57 Å². The molecule has 2 aromatic carbocycles. The fourth-order valence-electron chi connectivity index (χ4n) is 2.15. The van der Waals surface area contributed by atoms with E-state index in [9.17, 15) is 14.4 Å². The molecule has 5 nitrogen and oxygen atoms in total. The van der Waals surface area contributed by atoms with Crippen molar-refractivity contribution >= 4 is 17.7 Å². The molecular formula is C20H19FN2O3. The molecule has 0 bridgehead atoms. The molecule has 2 aromatic rings. The lowest BCUT2D eigenvalue weighted by molar-refractivity contribution is -0.112. The van der Waals surface area contributed by atoms with Crippen LogP contribution in [0.3, 0.4) is 0 Å². The van der Waals surface area contributed by atoms with Gasteiger partial charge in [-0.3, -0.25) is 4.79 Å². The van der Waals surface area contributed by atoms with Crippen LogP contribution in [0, 0.1) is 17.1 Å². The summed E-state index contributed by atoms with van der Waals surface area (Å²) in [5.41, 5.74) is 0.938. The minimum absolute atomic E-state index is 0.0846. The van der Waals surface area contributed by atoms with E-state index in [2.05, 4.69) is 5.32 Å². The number of nitrogens with one attached hydrogen (secondary N) is 1. The van der Waals surface area contributed by atoms with Gasteiger partial charge in [0.15, 0.2) is 11.5 Å². The van der Waals surface area contributed by atoms with Gasteiger partial charge in [-0.25, -0.2) is 4.39 Å². The second kappa shape index (κ2) is 9.23. The number of carbonyl (C=O) groups is 1. The summed E-state index contributed by atoms with van der Waals surface area (Å²) in [6.07, 6.45) is 2.32. The average Bonchev–Trinajstić information content (AvgIpc) is 2.66. The van der Waals surface area contributed by atoms with Gasteiger partial charge in [0, 0.05) is 5.69 Å². The summed E-state index contributed by atoms with van der Waals surface area (Å²) in [5, 5.41) is 11.8. The molecule has 0 unspecified atom stereocenters. The Hall–Kier alpha value is -3.33. The van der Waals surface area contributed by atoms with Gasteiger partial charge in [0.2, 0.25) is 0 Å². The molecule has 1 N–H and O–H groups in total. The molecule has 0 aliphatic carbocycles. The summed E-state index contributed by atoms with van der Waals surface area (Å²) in [7, 11) is 1.52. The van der Waals surface area contributed by atoms with E-state index in [1.54, 1.807) is 18.2 Å². The number of anilines is 1. The maximum absolute atomic E-state index is 12.9. The van der Waals surface area contributed by atoms with Crippen molar-refractivity contribution in [3.8, 4) is 17.6 Å². The maximum atomic E-state index is 12.9. The van der Waals surface area contributed by atoms with E-state index in [1.807, 2.05) is 13.0 Å². The molecule has 2 rings (SSSR count). The summed E-state index contributed by atoms with van der Waals surface area (Å²) < 4.78 is 23.8. The van der Waals surface area contributed by atoms with Crippen LogP contribution in [0.15, 0.2) is 48.0 Å². The zero-order chi connectivity index (χ0) is 18.9. The number of rotatable bonds is 7. The van der Waals surface area contributed by atoms with E-state index >= 15 is 0 Å². The van der Waals surface area contributed by atoms with Crippen molar-refractivity contribution in [3.05, 3.63) is 59.4 Å². The predicted octanol–water partition coefficient (Wildman–Crippen LogP) is 4.17. The highest BCUT2D eigenvalue weighted by molar-refractivity contribution is 6.09. The molecular weight excluding hydrogens is 335 g/mol. The molecule has 6 heteroatoms. The summed E-state index contributed by atoms with van der Waals surface area (Å²) in [6.45, 7) is 2.57. The lowest BCUT2D eigenvalue weighted by Crippen LogP contribution is -2.13. The molecule has 0 aliphatic heterocycles. The topological polar surface area (TPSA) is 71.3 Å². The monoisotopic (exact) mass is 354 g/mol. The molecule has 0 aromatic heterocycles. The van der Waals surface area contributed by atoms with Crippen LogP contribution in [0.4, 0.5) is 10.1 Å². The Labute approximate surface area is 151 Å². The van der Waals surface area contributed by atoms with Gasteiger partial charge in [0.1, 0.15) is 17.5 Å². The van der Waals surface area contributed by atoms with Crippen molar-refractivity contribution in [1.82, 2.24) is 0 Å². The number of hydrogen-bond donors (Lipinski definition) is 1. The van der Waals surface area contributed by atoms with Crippen LogP contribution in [0.25, 0.3) is 6.08 Å². The molecule has 0 radical (unpaired) electrons.